The summed E-state index contributed by atoms with van der Waals surface area (Å²) in [6.45, 7) is 2.28. The van der Waals surface area contributed by atoms with Crippen molar-refractivity contribution in [3.8, 4) is 6.07 Å². The number of aromatic nitrogens is 2. The second-order valence-corrected chi connectivity index (χ2v) is 6.95. The Morgan fingerprint density at radius 3 is 2.97 bits per heavy atom. The van der Waals surface area contributed by atoms with Crippen molar-refractivity contribution in [3.63, 3.8) is 0 Å². The fourth-order valence-electron chi connectivity index (χ4n) is 3.64. The number of hydrogen-bond donors (Lipinski definition) is 1. The van der Waals surface area contributed by atoms with Gasteiger partial charge in [-0.15, -0.1) is 0 Å². The molecule has 0 radical (unpaired) electrons. The van der Waals surface area contributed by atoms with Crippen molar-refractivity contribution >= 4 is 5.84 Å². The molecule has 0 fully saturated rings. The minimum atomic E-state index is -0.480. The maximum absolute atomic E-state index is 13.9. The average molecular weight is 393 g/mol. The van der Waals surface area contributed by atoms with Crippen molar-refractivity contribution in [2.24, 2.45) is 17.8 Å². The molecule has 148 valence electrons. The van der Waals surface area contributed by atoms with E-state index in [1.165, 1.54) is 16.8 Å². The maximum atomic E-state index is 13.9. The van der Waals surface area contributed by atoms with Crippen LogP contribution in [0.15, 0.2) is 47.3 Å². The number of aryl methyl sites for hydroxylation is 1. The molecule has 2 aromatic rings. The van der Waals surface area contributed by atoms with Crippen molar-refractivity contribution < 1.29 is 13.9 Å². The van der Waals surface area contributed by atoms with Crippen LogP contribution in [-0.4, -0.2) is 15.6 Å². The Kier molecular flexibility index (Phi) is 4.91. The fourth-order valence-corrected chi connectivity index (χ4v) is 3.64. The number of hydrogen-bond acceptors (Lipinski definition) is 6. The van der Waals surface area contributed by atoms with Gasteiger partial charge < -0.3 is 15.2 Å². The molecule has 4 rings (SSSR count). The zero-order valence-corrected chi connectivity index (χ0v) is 16.1. The Balaban J connectivity index is 1.87. The Morgan fingerprint density at radius 1 is 1.34 bits per heavy atom. The van der Waals surface area contributed by atoms with Crippen molar-refractivity contribution in [1.29, 1.82) is 5.26 Å². The molecule has 2 bridgehead atoms. The molecule has 3 heterocycles. The van der Waals surface area contributed by atoms with Gasteiger partial charge in [0.1, 0.15) is 23.7 Å². The van der Waals surface area contributed by atoms with Crippen LogP contribution in [-0.2, 0) is 29.7 Å². The Bertz CT molecular complexity index is 1090. The average Bonchev–Trinajstić information content (AvgIpc) is 2.89. The first kappa shape index (κ1) is 18.9. The third-order valence-corrected chi connectivity index (χ3v) is 5.04. The summed E-state index contributed by atoms with van der Waals surface area (Å²) in [4.78, 5) is 4.21. The van der Waals surface area contributed by atoms with E-state index in [1.807, 2.05) is 13.0 Å². The van der Waals surface area contributed by atoms with Crippen LogP contribution in [0.3, 0.4) is 0 Å². The van der Waals surface area contributed by atoms with E-state index in [0.29, 0.717) is 22.7 Å². The van der Waals surface area contributed by atoms with Crippen LogP contribution in [0.5, 0.6) is 0 Å². The van der Waals surface area contributed by atoms with Gasteiger partial charge in [-0.05, 0) is 30.7 Å². The summed E-state index contributed by atoms with van der Waals surface area (Å²) >= 11 is 0. The van der Waals surface area contributed by atoms with Gasteiger partial charge in [0.25, 0.3) is 0 Å². The summed E-state index contributed by atoms with van der Waals surface area (Å²) in [7, 11) is 1.72. The molecule has 0 spiro atoms. The van der Waals surface area contributed by atoms with E-state index in [4.69, 9.17) is 15.2 Å². The van der Waals surface area contributed by atoms with Crippen LogP contribution in [0.25, 0.3) is 0 Å². The van der Waals surface area contributed by atoms with E-state index in [0.717, 1.165) is 11.1 Å². The summed E-state index contributed by atoms with van der Waals surface area (Å²) in [5.74, 6) is -0.0861. The third-order valence-electron chi connectivity index (χ3n) is 5.04. The molecule has 2 unspecified atom stereocenters. The van der Waals surface area contributed by atoms with Crippen molar-refractivity contribution in [2.45, 2.75) is 32.2 Å². The monoisotopic (exact) mass is 393 g/mol. The van der Waals surface area contributed by atoms with Crippen molar-refractivity contribution in [3.05, 3.63) is 76.2 Å². The second-order valence-electron chi connectivity index (χ2n) is 6.95. The quantitative estimate of drug-likeness (QED) is 0.742. The van der Waals surface area contributed by atoms with E-state index in [1.54, 1.807) is 25.4 Å². The zero-order valence-electron chi connectivity index (χ0n) is 16.1. The topological polar surface area (TPSA) is 98.5 Å². The van der Waals surface area contributed by atoms with Gasteiger partial charge in [-0.2, -0.15) is 10.4 Å². The Morgan fingerprint density at radius 2 is 2.17 bits per heavy atom. The smallest absolute Gasteiger partial charge is 0.165 e. The lowest BCUT2D eigenvalue weighted by Crippen LogP contribution is -2.19. The number of halogens is 1. The fraction of sp³-hybridized carbons (Fsp3) is 0.286. The molecule has 0 aliphatic carbocycles. The minimum Gasteiger partial charge on any atom is -0.482 e. The SMILES string of the molecule is CC1OC2=CC(C=CN=C2N)c2c(nn(C)c2C#N)COCc2ccc(F)cc21. The van der Waals surface area contributed by atoms with Gasteiger partial charge in [-0.1, -0.05) is 12.1 Å². The van der Waals surface area contributed by atoms with Crippen LogP contribution in [0.4, 0.5) is 4.39 Å². The van der Waals surface area contributed by atoms with Gasteiger partial charge in [0.2, 0.25) is 0 Å². The molecule has 0 amide bonds. The minimum absolute atomic E-state index is 0.209. The lowest BCUT2D eigenvalue weighted by molar-refractivity contribution is 0.0973. The molecule has 2 aliphatic rings. The normalized spacial score (nSPS) is 21.2. The molecule has 29 heavy (non-hydrogen) atoms. The van der Waals surface area contributed by atoms with Crippen LogP contribution in [0.2, 0.25) is 0 Å². The molecule has 2 N–H and O–H groups in total. The third kappa shape index (κ3) is 3.52. The number of nitriles is 1. The Labute approximate surface area is 167 Å². The number of rotatable bonds is 0. The summed E-state index contributed by atoms with van der Waals surface area (Å²) in [5.41, 5.74) is 9.37. The number of aliphatic imine (C=N–C) groups is 1. The predicted molar refractivity (Wildman–Crippen MR) is 104 cm³/mol. The van der Waals surface area contributed by atoms with Crippen molar-refractivity contribution in [2.75, 3.05) is 0 Å². The number of nitrogens with zero attached hydrogens (tertiary/aromatic N) is 4. The lowest BCUT2D eigenvalue weighted by Gasteiger charge is -2.22. The summed E-state index contributed by atoms with van der Waals surface area (Å²) in [6, 6.07) is 6.72. The van der Waals surface area contributed by atoms with Crippen LogP contribution in [0, 0.1) is 17.1 Å². The van der Waals surface area contributed by atoms with Crippen LogP contribution in [0.1, 0.15) is 47.0 Å². The zero-order chi connectivity index (χ0) is 20.5. The lowest BCUT2D eigenvalue weighted by atomic mass is 9.95. The first-order valence-corrected chi connectivity index (χ1v) is 9.18. The summed E-state index contributed by atoms with van der Waals surface area (Å²) < 4.78 is 27.4. The van der Waals surface area contributed by atoms with Gasteiger partial charge >= 0.3 is 0 Å². The highest BCUT2D eigenvalue weighted by Crippen LogP contribution is 2.33. The largest absolute Gasteiger partial charge is 0.482 e. The molecule has 2 aliphatic heterocycles. The van der Waals surface area contributed by atoms with Gasteiger partial charge in [-0.25, -0.2) is 9.38 Å². The maximum Gasteiger partial charge on any atom is 0.165 e. The van der Waals surface area contributed by atoms with E-state index < -0.39 is 6.10 Å². The van der Waals surface area contributed by atoms with Gasteiger partial charge in [0.05, 0.1) is 18.9 Å². The number of benzene rings is 1. The summed E-state index contributed by atoms with van der Waals surface area (Å²) in [5, 5.41) is 14.1. The van der Waals surface area contributed by atoms with Crippen LogP contribution < -0.4 is 5.73 Å². The first-order chi connectivity index (χ1) is 14.0. The molecule has 1 aromatic heterocycles. The van der Waals surface area contributed by atoms with E-state index in [2.05, 4.69) is 16.2 Å². The molecule has 2 atom stereocenters. The molecule has 7 nitrogen and oxygen atoms in total. The number of nitrogens with two attached hydrogens (primary N) is 1. The van der Waals surface area contributed by atoms with E-state index >= 15 is 0 Å². The van der Waals surface area contributed by atoms with Gasteiger partial charge in [-0.3, -0.25) is 4.68 Å². The first-order valence-electron chi connectivity index (χ1n) is 9.18. The van der Waals surface area contributed by atoms with Gasteiger partial charge in [0, 0.05) is 30.3 Å². The number of fused-ring (bicyclic) bond motifs is 4. The molecule has 8 heteroatoms. The number of allylic oxidation sites excluding steroid dienone is 2. The van der Waals surface area contributed by atoms with Crippen LogP contribution >= 0.6 is 0 Å². The Hall–Kier alpha value is -3.44. The summed E-state index contributed by atoms with van der Waals surface area (Å²) in [6.07, 6.45) is 4.74. The highest BCUT2D eigenvalue weighted by atomic mass is 19.1. The number of ether oxygens (including phenoxy) is 2. The molecular weight excluding hydrogens is 373 g/mol. The number of amidine groups is 1. The highest BCUT2D eigenvalue weighted by molar-refractivity contribution is 5.96. The van der Waals surface area contributed by atoms with Crippen molar-refractivity contribution in [1.82, 2.24) is 9.78 Å². The molecule has 0 saturated heterocycles. The molecule has 1 aromatic carbocycles. The van der Waals surface area contributed by atoms with Gasteiger partial charge in [0.15, 0.2) is 11.6 Å². The second kappa shape index (κ2) is 7.53. The highest BCUT2D eigenvalue weighted by Gasteiger charge is 2.26. The molecular formula is C21H20FN5O2. The van der Waals surface area contributed by atoms with E-state index in [-0.39, 0.29) is 30.8 Å². The standard InChI is InChI=1S/C21H20FN5O2/c1-12-16-8-15(22)4-3-14(16)10-28-11-17-20(18(9-23)27(2)26-17)13-5-6-25-21(24)19(7-13)29-12/h3-8,12-13H,10-11H2,1-2H3,(H2,24,25). The molecule has 0 saturated carbocycles. The predicted octanol–water partition coefficient (Wildman–Crippen LogP) is 3.09. The van der Waals surface area contributed by atoms with E-state index in [9.17, 15) is 9.65 Å².